The van der Waals surface area contributed by atoms with Crippen LogP contribution in [-0.2, 0) is 49.2 Å². The molecule has 0 bridgehead atoms. The van der Waals surface area contributed by atoms with Gasteiger partial charge in [0.15, 0.2) is 17.8 Å². The smallest absolute Gasteiger partial charge is 0.338 e. The minimum Gasteiger partial charge on any atom is -0.508 e. The first kappa shape index (κ1) is 46.2. The van der Waals surface area contributed by atoms with E-state index in [4.69, 9.17) is 42.6 Å². The monoisotopic (exact) mass is 852 g/mol. The fraction of sp³-hybridized carbons (Fsp3) is 0.513. The molecule has 0 saturated carbocycles. The fourth-order valence-electron chi connectivity index (χ4n) is 6.48. The van der Waals surface area contributed by atoms with Crippen molar-refractivity contribution in [1.82, 2.24) is 0 Å². The van der Waals surface area contributed by atoms with E-state index in [0.717, 1.165) is 18.9 Å². The maximum atomic E-state index is 13.3. The molecule has 3 heterocycles. The highest BCUT2D eigenvalue weighted by Gasteiger charge is 2.48. The molecule has 21 nitrogen and oxygen atoms in total. The van der Waals surface area contributed by atoms with Gasteiger partial charge in [0, 0.05) is 17.9 Å². The number of benzene rings is 2. The quantitative estimate of drug-likeness (QED) is 0.0486. The molecule has 2 aromatic rings. The third-order valence-electron chi connectivity index (χ3n) is 9.88. The maximum absolute atomic E-state index is 13.3. The van der Waals surface area contributed by atoms with Crippen LogP contribution in [0.4, 0.5) is 0 Å². The topological polar surface area (TPSA) is 316 Å². The Hall–Kier alpha value is -4.91. The van der Waals surface area contributed by atoms with Gasteiger partial charge in [0.2, 0.25) is 12.6 Å². The van der Waals surface area contributed by atoms with E-state index in [2.05, 4.69) is 0 Å². The van der Waals surface area contributed by atoms with E-state index in [1.807, 2.05) is 0 Å². The molecule has 2 fully saturated rings. The predicted octanol–water partition coefficient (Wildman–Crippen LogP) is -2.32. The Morgan fingerprint density at radius 3 is 2.00 bits per heavy atom. The molecule has 2 aromatic carbocycles. The van der Waals surface area contributed by atoms with Crippen molar-refractivity contribution in [3.05, 3.63) is 77.1 Å². The normalized spacial score (nSPS) is 31.0. The number of aliphatic hydroxyl groups is 8. The van der Waals surface area contributed by atoms with E-state index in [9.17, 15) is 60.3 Å². The first-order valence-electron chi connectivity index (χ1n) is 18.6. The SMILES string of the molecule is COC(=O)C1=CO[C@H](O[C@@H]2O[C@H](CO)[C@@H](O)[C@H](O)[C@H]2O)/C(=C\COC(=O)c2ccc(O[C@@H]3O[C@H](CO)[C@H](O)[C@H](O)[C@@H]3O)c(OC)c2)[C@H]1CC(=O)OCCc1ccc(O)cc1. The summed E-state index contributed by atoms with van der Waals surface area (Å²) in [5, 5.41) is 90.6. The molecule has 3 aliphatic heterocycles. The first-order chi connectivity index (χ1) is 28.7. The second kappa shape index (κ2) is 21.1. The Kier molecular flexibility index (Phi) is 16.2. The third kappa shape index (κ3) is 10.9. The zero-order valence-electron chi connectivity index (χ0n) is 32.3. The number of carbonyl (C=O) groups excluding carboxylic acids is 3. The molecular formula is C39H48O21. The van der Waals surface area contributed by atoms with Crippen molar-refractivity contribution < 1.29 is 103 Å². The number of methoxy groups -OCH3 is 2. The lowest BCUT2D eigenvalue weighted by atomic mass is 9.86. The molecule has 0 radical (unpaired) electrons. The van der Waals surface area contributed by atoms with E-state index in [0.29, 0.717) is 0 Å². The van der Waals surface area contributed by atoms with Gasteiger partial charge in [0.05, 0.1) is 57.9 Å². The first-order valence-corrected chi connectivity index (χ1v) is 18.6. The predicted molar refractivity (Wildman–Crippen MR) is 196 cm³/mol. The Morgan fingerprint density at radius 2 is 1.38 bits per heavy atom. The Balaban J connectivity index is 1.36. The van der Waals surface area contributed by atoms with Gasteiger partial charge < -0.3 is 88.6 Å². The van der Waals surface area contributed by atoms with Crippen LogP contribution in [-0.4, -0.2) is 172 Å². The van der Waals surface area contributed by atoms with Crippen molar-refractivity contribution in [2.45, 2.75) is 80.5 Å². The minimum absolute atomic E-state index is 0.0287. The summed E-state index contributed by atoms with van der Waals surface area (Å²) in [7, 11) is 2.34. The molecule has 5 rings (SSSR count). The van der Waals surface area contributed by atoms with Crippen LogP contribution in [0.25, 0.3) is 0 Å². The minimum atomic E-state index is -1.87. The molecular weight excluding hydrogens is 804 g/mol. The number of carbonyl (C=O) groups is 3. The number of aliphatic hydroxyl groups excluding tert-OH is 8. The number of hydrogen-bond donors (Lipinski definition) is 9. The summed E-state index contributed by atoms with van der Waals surface area (Å²) >= 11 is 0. The highest BCUT2D eigenvalue weighted by molar-refractivity contribution is 5.91. The van der Waals surface area contributed by atoms with Gasteiger partial charge in [0.25, 0.3) is 0 Å². The lowest BCUT2D eigenvalue weighted by Gasteiger charge is -2.42. The van der Waals surface area contributed by atoms with Crippen molar-refractivity contribution >= 4 is 17.9 Å². The van der Waals surface area contributed by atoms with Gasteiger partial charge in [-0.25, -0.2) is 9.59 Å². The van der Waals surface area contributed by atoms with Crippen molar-refractivity contribution in [1.29, 1.82) is 0 Å². The van der Waals surface area contributed by atoms with Crippen LogP contribution < -0.4 is 9.47 Å². The molecule has 0 aliphatic carbocycles. The van der Waals surface area contributed by atoms with E-state index in [1.165, 1.54) is 43.5 Å². The fourth-order valence-corrected chi connectivity index (χ4v) is 6.48. The molecule has 3 aliphatic rings. The summed E-state index contributed by atoms with van der Waals surface area (Å²) in [6.07, 6.45) is -16.0. The van der Waals surface area contributed by atoms with Gasteiger partial charge in [-0.1, -0.05) is 12.1 Å². The number of rotatable bonds is 16. The van der Waals surface area contributed by atoms with E-state index >= 15 is 0 Å². The van der Waals surface area contributed by atoms with E-state index < -0.39 is 118 Å². The van der Waals surface area contributed by atoms with Crippen LogP contribution in [0.15, 0.2) is 65.9 Å². The zero-order chi connectivity index (χ0) is 43.7. The number of esters is 3. The number of ether oxygens (including phenoxy) is 9. The molecule has 0 amide bonds. The highest BCUT2D eigenvalue weighted by Crippen LogP contribution is 2.37. The van der Waals surface area contributed by atoms with Crippen LogP contribution in [0.1, 0.15) is 22.3 Å². The molecule has 330 valence electrons. The lowest BCUT2D eigenvalue weighted by molar-refractivity contribution is -0.327. The second-order valence-electron chi connectivity index (χ2n) is 13.7. The number of phenols is 1. The Labute approximate surface area is 342 Å². The second-order valence-corrected chi connectivity index (χ2v) is 13.7. The van der Waals surface area contributed by atoms with Gasteiger partial charge >= 0.3 is 17.9 Å². The van der Waals surface area contributed by atoms with Crippen LogP contribution >= 0.6 is 0 Å². The standard InChI is InChI=1S/C39H48O21/c1-52-25-13-19(5-8-24(25)57-38-33(48)31(46)29(44)26(15-40)58-38)35(50)55-12-10-21-22(14-28(43)54-11-9-18-3-6-20(42)7-4-18)23(36(51)53-2)17-56-37(21)60-39-34(49)32(47)30(45)27(16-41)59-39/h3-8,10,13,17,22,26-27,29-34,37-42,44-49H,9,11-12,14-16H2,1-2H3/b21-10-/t22-,26-,27-,29+,30-,31+,32+,33+,34-,37-,38-,39+/m1/s1. The molecule has 21 heteroatoms. The molecule has 9 N–H and O–H groups in total. The van der Waals surface area contributed by atoms with Crippen LogP contribution in [0.5, 0.6) is 17.2 Å². The van der Waals surface area contributed by atoms with Gasteiger partial charge in [0.1, 0.15) is 61.2 Å². The van der Waals surface area contributed by atoms with E-state index in [1.54, 1.807) is 12.1 Å². The lowest BCUT2D eigenvalue weighted by Crippen LogP contribution is -2.60. The summed E-state index contributed by atoms with van der Waals surface area (Å²) in [6.45, 7) is -2.10. The average molecular weight is 853 g/mol. The molecule has 0 unspecified atom stereocenters. The van der Waals surface area contributed by atoms with E-state index in [-0.39, 0.29) is 47.0 Å². The van der Waals surface area contributed by atoms with Crippen molar-refractivity contribution in [2.24, 2.45) is 5.92 Å². The van der Waals surface area contributed by atoms with Crippen molar-refractivity contribution in [3.8, 4) is 17.2 Å². The summed E-state index contributed by atoms with van der Waals surface area (Å²) in [6, 6.07) is 9.99. The van der Waals surface area contributed by atoms with Crippen LogP contribution in [0.3, 0.4) is 0 Å². The molecule has 60 heavy (non-hydrogen) atoms. The van der Waals surface area contributed by atoms with Crippen molar-refractivity contribution in [2.75, 3.05) is 40.6 Å². The summed E-state index contributed by atoms with van der Waals surface area (Å²) < 4.78 is 49.2. The third-order valence-corrected chi connectivity index (χ3v) is 9.88. The summed E-state index contributed by atoms with van der Waals surface area (Å²) in [4.78, 5) is 39.5. The van der Waals surface area contributed by atoms with Gasteiger partial charge in [-0.2, -0.15) is 0 Å². The summed E-state index contributed by atoms with van der Waals surface area (Å²) in [5.74, 6) is -3.91. The Morgan fingerprint density at radius 1 is 0.750 bits per heavy atom. The Bertz CT molecular complexity index is 1830. The largest absolute Gasteiger partial charge is 0.508 e. The molecule has 0 spiro atoms. The molecule has 2 saturated heterocycles. The van der Waals surface area contributed by atoms with Gasteiger partial charge in [-0.15, -0.1) is 0 Å². The maximum Gasteiger partial charge on any atom is 0.338 e. The van der Waals surface area contributed by atoms with Crippen LogP contribution in [0.2, 0.25) is 0 Å². The van der Waals surface area contributed by atoms with Crippen molar-refractivity contribution in [3.63, 3.8) is 0 Å². The number of hydrogen-bond acceptors (Lipinski definition) is 21. The number of aromatic hydroxyl groups is 1. The average Bonchev–Trinajstić information content (AvgIpc) is 3.25. The number of phenolic OH excluding ortho intramolecular Hbond substituents is 1. The molecule has 12 atom stereocenters. The highest BCUT2D eigenvalue weighted by atomic mass is 16.8. The van der Waals surface area contributed by atoms with Crippen LogP contribution in [0, 0.1) is 5.92 Å². The molecule has 0 aromatic heterocycles. The summed E-state index contributed by atoms with van der Waals surface area (Å²) in [5.41, 5.74) is 0.466. The van der Waals surface area contributed by atoms with Gasteiger partial charge in [-0.05, 0) is 42.0 Å². The zero-order valence-corrected chi connectivity index (χ0v) is 32.3. The van der Waals surface area contributed by atoms with Gasteiger partial charge in [-0.3, -0.25) is 4.79 Å².